The van der Waals surface area contributed by atoms with E-state index in [1.807, 2.05) is 6.92 Å². The van der Waals surface area contributed by atoms with Crippen LogP contribution in [0.5, 0.6) is 0 Å². The molecule has 0 aliphatic rings. The maximum atomic E-state index is 11.5. The number of hydrogen-bond donors (Lipinski definition) is 1. The second-order valence-corrected chi connectivity index (χ2v) is 3.68. The summed E-state index contributed by atoms with van der Waals surface area (Å²) in [4.78, 5) is 24.3. The van der Waals surface area contributed by atoms with E-state index < -0.39 is 0 Å². The van der Waals surface area contributed by atoms with Gasteiger partial charge >= 0.3 is 6.03 Å². The lowest BCUT2D eigenvalue weighted by Crippen LogP contribution is -2.27. The van der Waals surface area contributed by atoms with Crippen molar-refractivity contribution in [1.82, 2.24) is 4.90 Å². The van der Waals surface area contributed by atoms with Crippen LogP contribution in [-0.2, 0) is 0 Å². The van der Waals surface area contributed by atoms with Crippen molar-refractivity contribution in [2.24, 2.45) is 0 Å². The van der Waals surface area contributed by atoms with Gasteiger partial charge in [-0.15, -0.1) is 0 Å². The third-order valence-corrected chi connectivity index (χ3v) is 2.16. The average Bonchev–Trinajstić information content (AvgIpc) is 2.28. The molecular formula is C12H16N2O2. The van der Waals surface area contributed by atoms with Crippen molar-refractivity contribution in [3.63, 3.8) is 0 Å². The third-order valence-electron chi connectivity index (χ3n) is 2.16. The fraction of sp³-hybridized carbons (Fsp3) is 0.333. The lowest BCUT2D eigenvalue weighted by atomic mass is 10.1. The molecule has 1 N–H and O–H groups in total. The van der Waals surface area contributed by atoms with Crippen LogP contribution in [0.2, 0.25) is 0 Å². The molecule has 86 valence electrons. The summed E-state index contributed by atoms with van der Waals surface area (Å²) in [6, 6.07) is 6.74. The highest BCUT2D eigenvalue weighted by molar-refractivity contribution is 5.98. The summed E-state index contributed by atoms with van der Waals surface area (Å²) in [5.74, 6) is 0.0703. The van der Waals surface area contributed by atoms with Gasteiger partial charge in [-0.25, -0.2) is 4.79 Å². The van der Waals surface area contributed by atoms with Gasteiger partial charge in [0.2, 0.25) is 0 Å². The Bertz CT molecular complexity index is 400. The van der Waals surface area contributed by atoms with Crippen molar-refractivity contribution in [3.8, 4) is 0 Å². The minimum Gasteiger partial charge on any atom is -0.331 e. The Morgan fingerprint density at radius 2 is 2.00 bits per heavy atom. The SMILES string of the molecule is CCC(=O)c1cccc(NC(=O)N(C)C)c1. The van der Waals surface area contributed by atoms with Gasteiger partial charge in [-0.2, -0.15) is 0 Å². The van der Waals surface area contributed by atoms with Gasteiger partial charge in [-0.3, -0.25) is 4.79 Å². The number of amides is 2. The Balaban J connectivity index is 2.83. The molecule has 0 saturated heterocycles. The van der Waals surface area contributed by atoms with E-state index in [4.69, 9.17) is 0 Å². The summed E-state index contributed by atoms with van der Waals surface area (Å²) in [5.41, 5.74) is 1.26. The van der Waals surface area contributed by atoms with Gasteiger partial charge in [0, 0.05) is 31.8 Å². The second-order valence-electron chi connectivity index (χ2n) is 3.68. The van der Waals surface area contributed by atoms with Crippen molar-refractivity contribution in [1.29, 1.82) is 0 Å². The summed E-state index contributed by atoms with van der Waals surface area (Å²) >= 11 is 0. The Kier molecular flexibility index (Phi) is 4.05. The Morgan fingerprint density at radius 3 is 2.56 bits per heavy atom. The number of hydrogen-bond acceptors (Lipinski definition) is 2. The molecule has 0 heterocycles. The third kappa shape index (κ3) is 3.08. The summed E-state index contributed by atoms with van der Waals surface area (Å²) in [6.07, 6.45) is 0.463. The van der Waals surface area contributed by atoms with Gasteiger partial charge in [0.15, 0.2) is 5.78 Å². The number of ketones is 1. The molecule has 4 nitrogen and oxygen atoms in total. The number of benzene rings is 1. The maximum absolute atomic E-state index is 11.5. The molecule has 1 rings (SSSR count). The standard InChI is InChI=1S/C12H16N2O2/c1-4-11(15)9-6-5-7-10(8-9)13-12(16)14(2)3/h5-8H,4H2,1-3H3,(H,13,16). The summed E-state index contributed by atoms with van der Waals surface area (Å²) in [7, 11) is 3.33. The lowest BCUT2D eigenvalue weighted by Gasteiger charge is -2.12. The summed E-state index contributed by atoms with van der Waals surface area (Å²) in [5, 5.41) is 2.70. The number of carbonyl (C=O) groups is 2. The zero-order chi connectivity index (χ0) is 12.1. The highest BCUT2D eigenvalue weighted by Gasteiger charge is 2.06. The van der Waals surface area contributed by atoms with E-state index in [0.717, 1.165) is 0 Å². The molecule has 16 heavy (non-hydrogen) atoms. The molecule has 2 amide bonds. The minimum atomic E-state index is -0.207. The first-order chi connectivity index (χ1) is 7.54. The highest BCUT2D eigenvalue weighted by atomic mass is 16.2. The number of carbonyl (C=O) groups excluding carboxylic acids is 2. The zero-order valence-corrected chi connectivity index (χ0v) is 9.78. The fourth-order valence-electron chi connectivity index (χ4n) is 1.21. The number of rotatable bonds is 3. The first-order valence-corrected chi connectivity index (χ1v) is 5.16. The lowest BCUT2D eigenvalue weighted by molar-refractivity contribution is 0.0988. The predicted octanol–water partition coefficient (Wildman–Crippen LogP) is 2.37. The van der Waals surface area contributed by atoms with Gasteiger partial charge in [-0.1, -0.05) is 19.1 Å². The normalized spacial score (nSPS) is 9.69. The number of anilines is 1. The van der Waals surface area contributed by atoms with E-state index in [9.17, 15) is 9.59 Å². The molecule has 0 radical (unpaired) electrons. The van der Waals surface area contributed by atoms with Crippen molar-refractivity contribution in [2.45, 2.75) is 13.3 Å². The van der Waals surface area contributed by atoms with Crippen molar-refractivity contribution in [2.75, 3.05) is 19.4 Å². The molecule has 0 aliphatic heterocycles. The number of nitrogens with zero attached hydrogens (tertiary/aromatic N) is 1. The van der Waals surface area contributed by atoms with Gasteiger partial charge in [0.1, 0.15) is 0 Å². The van der Waals surface area contributed by atoms with E-state index in [1.165, 1.54) is 4.90 Å². The monoisotopic (exact) mass is 220 g/mol. The number of urea groups is 1. The van der Waals surface area contributed by atoms with Gasteiger partial charge in [0.25, 0.3) is 0 Å². The van der Waals surface area contributed by atoms with Crippen molar-refractivity contribution in [3.05, 3.63) is 29.8 Å². The van der Waals surface area contributed by atoms with E-state index >= 15 is 0 Å². The summed E-state index contributed by atoms with van der Waals surface area (Å²) < 4.78 is 0. The maximum Gasteiger partial charge on any atom is 0.321 e. The van der Waals surface area contributed by atoms with E-state index in [1.54, 1.807) is 38.4 Å². The Hall–Kier alpha value is -1.84. The fourth-order valence-corrected chi connectivity index (χ4v) is 1.21. The van der Waals surface area contributed by atoms with E-state index in [-0.39, 0.29) is 11.8 Å². The Labute approximate surface area is 95.3 Å². The molecule has 0 aliphatic carbocycles. The minimum absolute atomic E-state index is 0.0703. The van der Waals surface area contributed by atoms with Gasteiger partial charge < -0.3 is 10.2 Å². The van der Waals surface area contributed by atoms with Crippen LogP contribution in [0.25, 0.3) is 0 Å². The Morgan fingerprint density at radius 1 is 1.31 bits per heavy atom. The topological polar surface area (TPSA) is 49.4 Å². The first-order valence-electron chi connectivity index (χ1n) is 5.16. The molecule has 0 aromatic heterocycles. The van der Waals surface area contributed by atoms with Crippen LogP contribution < -0.4 is 5.32 Å². The smallest absolute Gasteiger partial charge is 0.321 e. The second kappa shape index (κ2) is 5.30. The molecule has 0 spiro atoms. The quantitative estimate of drug-likeness (QED) is 0.795. The highest BCUT2D eigenvalue weighted by Crippen LogP contribution is 2.12. The molecular weight excluding hydrogens is 204 g/mol. The molecule has 4 heteroatoms. The molecule has 1 aromatic carbocycles. The molecule has 0 unspecified atom stereocenters. The molecule has 0 bridgehead atoms. The van der Waals surface area contributed by atoms with Crippen LogP contribution in [0.1, 0.15) is 23.7 Å². The number of Topliss-reactive ketones (excluding diaryl/α,β-unsaturated/α-hetero) is 1. The van der Waals surface area contributed by atoms with Crippen molar-refractivity contribution >= 4 is 17.5 Å². The molecule has 0 fully saturated rings. The number of nitrogens with one attached hydrogen (secondary N) is 1. The van der Waals surface area contributed by atoms with Crippen LogP contribution >= 0.6 is 0 Å². The molecule has 1 aromatic rings. The van der Waals surface area contributed by atoms with Crippen molar-refractivity contribution < 1.29 is 9.59 Å². The van der Waals surface area contributed by atoms with Crippen LogP contribution in [-0.4, -0.2) is 30.8 Å². The average molecular weight is 220 g/mol. The van der Waals surface area contributed by atoms with Gasteiger partial charge in [0.05, 0.1) is 0 Å². The van der Waals surface area contributed by atoms with E-state index in [2.05, 4.69) is 5.32 Å². The largest absolute Gasteiger partial charge is 0.331 e. The van der Waals surface area contributed by atoms with E-state index in [0.29, 0.717) is 17.7 Å². The molecule has 0 atom stereocenters. The van der Waals surface area contributed by atoms with Crippen LogP contribution in [0, 0.1) is 0 Å². The zero-order valence-electron chi connectivity index (χ0n) is 9.78. The van der Waals surface area contributed by atoms with Gasteiger partial charge in [-0.05, 0) is 12.1 Å². The van der Waals surface area contributed by atoms with Crippen LogP contribution in [0.15, 0.2) is 24.3 Å². The first kappa shape index (κ1) is 12.2. The summed E-state index contributed by atoms with van der Waals surface area (Å²) in [6.45, 7) is 1.81. The molecule has 0 saturated carbocycles. The predicted molar refractivity (Wildman–Crippen MR) is 63.8 cm³/mol. The van der Waals surface area contributed by atoms with Crippen LogP contribution in [0.3, 0.4) is 0 Å². The van der Waals surface area contributed by atoms with Crippen LogP contribution in [0.4, 0.5) is 10.5 Å².